The van der Waals surface area contributed by atoms with Gasteiger partial charge in [-0.15, -0.1) is 0 Å². The summed E-state index contributed by atoms with van der Waals surface area (Å²) in [6.45, 7) is 0. The molecule has 0 fully saturated rings. The van der Waals surface area contributed by atoms with E-state index in [1.807, 2.05) is 0 Å². The third-order valence-corrected chi connectivity index (χ3v) is 0. The minimum atomic E-state index is -4.64. The molecule has 0 atom stereocenters. The number of phosphoric acid groups is 2. The Morgan fingerprint density at radius 3 is 0.529 bits per heavy atom. The van der Waals surface area contributed by atoms with E-state index in [-0.39, 0.29) is 214 Å². The molecule has 0 bridgehead atoms. The second-order valence-electron chi connectivity index (χ2n) is 1.03. The van der Waals surface area contributed by atoms with Crippen molar-refractivity contribution in [2.75, 3.05) is 0 Å². The molecule has 0 aromatic rings. The van der Waals surface area contributed by atoms with Gasteiger partial charge in [0.05, 0.1) is 0 Å². The third-order valence-electron chi connectivity index (χ3n) is 0. The summed E-state index contributed by atoms with van der Waals surface area (Å²) in [7, 11) is -9.28. The topological polar surface area (TPSA) is 219 Å². The zero-order valence-electron chi connectivity index (χ0n) is 18.9. The maximum atomic E-state index is 8.88. The minimum Gasteiger partial charge on any atom is -1.00 e. The molecule has 10 N–H and O–H groups in total. The molecule has 0 aliphatic carbocycles. The normalized spacial score (nSPS) is 6.94. The molecule has 0 radical (unpaired) electrons. The first-order valence-corrected chi connectivity index (χ1v) is 4.70. The van der Waals surface area contributed by atoms with E-state index < -0.39 is 15.6 Å². The molecule has 0 rings (SSSR count). The fourth-order valence-electron chi connectivity index (χ4n) is 0. The first kappa shape index (κ1) is 56.6. The van der Waals surface area contributed by atoms with Crippen molar-refractivity contribution in [1.29, 1.82) is 0 Å². The first-order valence-electron chi connectivity index (χ1n) is 1.57. The Balaban J connectivity index is -0.00000000171. The molecular formula is H20Ca5O10P2. The van der Waals surface area contributed by atoms with E-state index in [4.69, 9.17) is 38.5 Å². The van der Waals surface area contributed by atoms with E-state index in [0.29, 0.717) is 0 Å². The van der Waals surface area contributed by atoms with Gasteiger partial charge in [0.1, 0.15) is 0 Å². The van der Waals surface area contributed by atoms with Gasteiger partial charge in [-0.25, -0.2) is 9.13 Å². The van der Waals surface area contributed by atoms with Crippen LogP contribution in [0.4, 0.5) is 0 Å². The van der Waals surface area contributed by atoms with E-state index in [1.54, 1.807) is 0 Å². The van der Waals surface area contributed by atoms with Crippen LogP contribution in [0.2, 0.25) is 0 Å². The van der Waals surface area contributed by atoms with E-state index >= 15 is 0 Å². The van der Waals surface area contributed by atoms with Crippen LogP contribution < -0.4 is 0 Å². The third kappa shape index (κ3) is 226. The summed E-state index contributed by atoms with van der Waals surface area (Å²) in [5.74, 6) is 0. The molecule has 0 aliphatic rings. The molecule has 0 heterocycles. The van der Waals surface area contributed by atoms with Gasteiger partial charge in [0, 0.05) is 0 Å². The summed E-state index contributed by atoms with van der Waals surface area (Å²) >= 11 is 0. The summed E-state index contributed by atoms with van der Waals surface area (Å²) in [5, 5.41) is 0. The predicted molar refractivity (Wildman–Crippen MR) is 75.6 cm³/mol. The Morgan fingerprint density at radius 2 is 0.529 bits per heavy atom. The van der Waals surface area contributed by atoms with Crippen LogP contribution in [0.25, 0.3) is 0 Å². The molecule has 0 saturated heterocycles. The van der Waals surface area contributed by atoms with Crippen LogP contribution in [0, 0.1) is 0 Å². The van der Waals surface area contributed by atoms with Gasteiger partial charge < -0.3 is 54.6 Å². The predicted octanol–water partition coefficient (Wildman–Crippen LogP) is -4.29. The summed E-state index contributed by atoms with van der Waals surface area (Å²) in [4.78, 5) is 43.1. The Morgan fingerprint density at radius 1 is 0.529 bits per heavy atom. The van der Waals surface area contributed by atoms with Crippen molar-refractivity contribution in [3.05, 3.63) is 0 Å². The molecule has 0 aliphatic heterocycles. The summed E-state index contributed by atoms with van der Waals surface area (Å²) in [6, 6.07) is 0. The van der Waals surface area contributed by atoms with Crippen LogP contribution in [-0.4, -0.2) is 229 Å². The van der Waals surface area contributed by atoms with Crippen molar-refractivity contribution < 1.29 is 63.7 Å². The second kappa shape index (κ2) is 30.3. The van der Waals surface area contributed by atoms with Crippen LogP contribution in [0.1, 0.15) is 14.3 Å². The van der Waals surface area contributed by atoms with E-state index in [9.17, 15) is 0 Å². The Kier molecular flexibility index (Phi) is 101. The van der Waals surface area contributed by atoms with Crippen molar-refractivity contribution in [2.45, 2.75) is 0 Å². The van der Waals surface area contributed by atoms with E-state index in [2.05, 4.69) is 0 Å². The number of rotatable bonds is 0. The summed E-state index contributed by atoms with van der Waals surface area (Å²) < 4.78 is 17.8. The quantitative estimate of drug-likeness (QED) is 0.159. The first-order chi connectivity index (χ1) is 4.00. The zero-order valence-corrected chi connectivity index (χ0v) is 21.8. The molecule has 0 spiro atoms. The maximum absolute atomic E-state index is 8.88. The average Bonchev–Trinajstić information content (AvgIpc) is 1.12. The van der Waals surface area contributed by atoms with Crippen molar-refractivity contribution in [2.24, 2.45) is 0 Å². The van der Waals surface area contributed by atoms with Crippen LogP contribution in [0.3, 0.4) is 0 Å². The van der Waals surface area contributed by atoms with Gasteiger partial charge in [0.2, 0.25) is 0 Å². The summed E-state index contributed by atoms with van der Waals surface area (Å²) in [5.41, 5.74) is 0. The molecule has 17 heteroatoms. The maximum Gasteiger partial charge on any atom is 2.00 e. The number of hydrogen-bond donors (Lipinski definition) is 6. The molecular weight excluding hydrogens is 422 g/mol. The summed E-state index contributed by atoms with van der Waals surface area (Å²) in [6.07, 6.45) is 0. The average molecular weight is 442 g/mol. The molecule has 0 saturated carbocycles. The molecule has 0 unspecified atom stereocenters. The van der Waals surface area contributed by atoms with E-state index in [1.165, 1.54) is 0 Å². The van der Waals surface area contributed by atoms with Gasteiger partial charge in [-0.1, -0.05) is 0 Å². The SMILES string of the molecule is O.O.O=P(O)(O)O.O=P(O)(O)O.[Ca+2].[Ca+2].[Ca+2].[Ca+2].[Ca+2].[H-].[H-].[H-].[H-].[H-].[H-].[H-].[H-].[H-].[H-]. The molecule has 0 aromatic heterocycles. The van der Waals surface area contributed by atoms with Gasteiger partial charge in [-0.2, -0.15) is 0 Å². The van der Waals surface area contributed by atoms with Gasteiger partial charge in [-0.3, -0.25) is 0 Å². The van der Waals surface area contributed by atoms with Crippen LogP contribution in [-0.2, 0) is 9.13 Å². The monoisotopic (exact) mass is 442 g/mol. The fourth-order valence-corrected chi connectivity index (χ4v) is 0. The smallest absolute Gasteiger partial charge is 1.00 e. The zero-order chi connectivity index (χ0) is 9.00. The van der Waals surface area contributed by atoms with Crippen LogP contribution >= 0.6 is 15.6 Å². The van der Waals surface area contributed by atoms with Gasteiger partial charge >= 0.3 is 204 Å². The Labute approximate surface area is 262 Å². The fraction of sp³-hybridized carbons (Fsp3) is 0. The minimum absolute atomic E-state index is 0. The van der Waals surface area contributed by atoms with Gasteiger partial charge in [0.25, 0.3) is 0 Å². The van der Waals surface area contributed by atoms with Crippen LogP contribution in [0.15, 0.2) is 0 Å². The van der Waals surface area contributed by atoms with Crippen molar-refractivity contribution in [3.8, 4) is 0 Å². The molecule has 10 nitrogen and oxygen atoms in total. The number of hydrogen-bond acceptors (Lipinski definition) is 2. The van der Waals surface area contributed by atoms with Crippen LogP contribution in [0.5, 0.6) is 0 Å². The largest absolute Gasteiger partial charge is 2.00 e. The molecule has 17 heavy (non-hydrogen) atoms. The molecule has 0 aromatic carbocycles. The van der Waals surface area contributed by atoms with Crippen molar-refractivity contribution in [1.82, 2.24) is 0 Å². The Bertz CT molecular complexity index is 161. The Hall–Kier alpha value is 6.44. The van der Waals surface area contributed by atoms with Gasteiger partial charge in [0.15, 0.2) is 0 Å². The van der Waals surface area contributed by atoms with Crippen molar-refractivity contribution in [3.63, 3.8) is 0 Å². The second-order valence-corrected chi connectivity index (χ2v) is 3.08. The molecule has 0 amide bonds. The molecule has 100 valence electrons. The van der Waals surface area contributed by atoms with E-state index in [0.717, 1.165) is 0 Å². The van der Waals surface area contributed by atoms with Crippen molar-refractivity contribution >= 4 is 204 Å². The van der Waals surface area contributed by atoms with Gasteiger partial charge in [-0.05, 0) is 0 Å². The standard InChI is InChI=1S/5Ca.2H3O4P.2H2O.10H/c;;;;;2*1-5(2,3)4;;;;;;;;;;;;/h;;;;;2*(H3,1,2,3,4);2*1H2;;;;;;;;;;/q5*+2;;;;;10*-1.